The zero-order chi connectivity index (χ0) is 14.7. The van der Waals surface area contributed by atoms with Crippen molar-refractivity contribution in [3.63, 3.8) is 0 Å². The molecule has 8 heteroatoms. The van der Waals surface area contributed by atoms with Gasteiger partial charge in [-0.05, 0) is 23.7 Å². The van der Waals surface area contributed by atoms with Crippen molar-refractivity contribution in [3.05, 3.63) is 23.5 Å². The highest BCUT2D eigenvalue weighted by Gasteiger charge is 2.12. The number of benzene rings is 1. The van der Waals surface area contributed by atoms with E-state index in [0.717, 1.165) is 17.9 Å². The number of rotatable bonds is 3. The standard InChI is InChI=1S/C13H13ClN4O3/c1-19-13-17-11(14)16-12(18-13)15-8-3-4-9-10(7-8)21-6-2-5-20-9/h3-4,7H,2,5-6H2,1H3,(H,15,16,17,18). The van der Waals surface area contributed by atoms with Gasteiger partial charge in [-0.1, -0.05) is 0 Å². The molecule has 0 bridgehead atoms. The van der Waals surface area contributed by atoms with Crippen LogP contribution in [0.15, 0.2) is 18.2 Å². The summed E-state index contributed by atoms with van der Waals surface area (Å²) >= 11 is 5.81. The Morgan fingerprint density at radius 1 is 1.14 bits per heavy atom. The number of anilines is 2. The van der Waals surface area contributed by atoms with Crippen molar-refractivity contribution in [1.29, 1.82) is 0 Å². The normalized spacial score (nSPS) is 13.4. The van der Waals surface area contributed by atoms with Crippen molar-refractivity contribution in [2.45, 2.75) is 6.42 Å². The smallest absolute Gasteiger partial charge is 0.322 e. The van der Waals surface area contributed by atoms with E-state index >= 15 is 0 Å². The second kappa shape index (κ2) is 6.01. The number of halogens is 1. The van der Waals surface area contributed by atoms with Crippen molar-refractivity contribution >= 4 is 23.2 Å². The summed E-state index contributed by atoms with van der Waals surface area (Å²) in [6.45, 7) is 1.28. The average Bonchev–Trinajstić information content (AvgIpc) is 2.71. The monoisotopic (exact) mass is 308 g/mol. The molecule has 0 spiro atoms. The minimum Gasteiger partial charge on any atom is -0.490 e. The SMILES string of the molecule is COc1nc(Cl)nc(Nc2ccc3c(c2)OCCCO3)n1. The van der Waals surface area contributed by atoms with E-state index in [1.54, 1.807) is 0 Å². The first kappa shape index (κ1) is 13.7. The lowest BCUT2D eigenvalue weighted by atomic mass is 10.3. The van der Waals surface area contributed by atoms with Gasteiger partial charge in [0.15, 0.2) is 11.5 Å². The van der Waals surface area contributed by atoms with Gasteiger partial charge in [-0.25, -0.2) is 0 Å². The number of ether oxygens (including phenoxy) is 3. The van der Waals surface area contributed by atoms with Crippen LogP contribution in [0.5, 0.6) is 17.5 Å². The van der Waals surface area contributed by atoms with Crippen LogP contribution in [0.4, 0.5) is 11.6 Å². The summed E-state index contributed by atoms with van der Waals surface area (Å²) in [6, 6.07) is 5.65. The molecule has 0 amide bonds. The maximum Gasteiger partial charge on any atom is 0.322 e. The highest BCUT2D eigenvalue weighted by atomic mass is 35.5. The molecular weight excluding hydrogens is 296 g/mol. The summed E-state index contributed by atoms with van der Waals surface area (Å²) in [5.74, 6) is 1.70. The molecule has 1 aliphatic heterocycles. The molecule has 1 aromatic carbocycles. The first-order valence-corrected chi connectivity index (χ1v) is 6.74. The van der Waals surface area contributed by atoms with Gasteiger partial charge in [0, 0.05) is 18.2 Å². The van der Waals surface area contributed by atoms with Crippen LogP contribution in [0.25, 0.3) is 0 Å². The van der Waals surface area contributed by atoms with Crippen LogP contribution in [-0.4, -0.2) is 35.3 Å². The Labute approximate surface area is 126 Å². The Morgan fingerprint density at radius 3 is 2.76 bits per heavy atom. The summed E-state index contributed by atoms with van der Waals surface area (Å²) in [5.41, 5.74) is 0.753. The fraction of sp³-hybridized carbons (Fsp3) is 0.308. The van der Waals surface area contributed by atoms with E-state index in [9.17, 15) is 0 Å². The minimum absolute atomic E-state index is 0.0543. The maximum atomic E-state index is 5.81. The predicted octanol–water partition coefficient (Wildman–Crippen LogP) is 2.44. The van der Waals surface area contributed by atoms with Crippen LogP contribution in [0.2, 0.25) is 5.28 Å². The van der Waals surface area contributed by atoms with Crippen LogP contribution < -0.4 is 19.5 Å². The first-order chi connectivity index (χ1) is 10.2. The molecule has 2 aromatic rings. The van der Waals surface area contributed by atoms with E-state index in [4.69, 9.17) is 25.8 Å². The topological polar surface area (TPSA) is 78.4 Å². The van der Waals surface area contributed by atoms with E-state index in [2.05, 4.69) is 20.3 Å². The van der Waals surface area contributed by atoms with Crippen molar-refractivity contribution in [3.8, 4) is 17.5 Å². The molecule has 2 heterocycles. The minimum atomic E-state index is 0.0543. The zero-order valence-electron chi connectivity index (χ0n) is 11.3. The van der Waals surface area contributed by atoms with Crippen molar-refractivity contribution in [1.82, 2.24) is 15.0 Å². The van der Waals surface area contributed by atoms with Crippen LogP contribution in [-0.2, 0) is 0 Å². The van der Waals surface area contributed by atoms with E-state index < -0.39 is 0 Å². The van der Waals surface area contributed by atoms with Gasteiger partial charge in [0.1, 0.15) is 0 Å². The van der Waals surface area contributed by atoms with Crippen molar-refractivity contribution < 1.29 is 14.2 Å². The van der Waals surface area contributed by atoms with Gasteiger partial charge in [-0.2, -0.15) is 15.0 Å². The molecule has 0 saturated heterocycles. The van der Waals surface area contributed by atoms with Crippen LogP contribution in [0, 0.1) is 0 Å². The molecule has 1 aromatic heterocycles. The molecule has 0 saturated carbocycles. The lowest BCUT2D eigenvalue weighted by Crippen LogP contribution is -2.02. The van der Waals surface area contributed by atoms with Crippen LogP contribution >= 0.6 is 11.6 Å². The molecule has 1 aliphatic rings. The molecule has 1 N–H and O–H groups in total. The van der Waals surface area contributed by atoms with Crippen LogP contribution in [0.1, 0.15) is 6.42 Å². The number of hydrogen-bond donors (Lipinski definition) is 1. The molecule has 21 heavy (non-hydrogen) atoms. The molecule has 0 radical (unpaired) electrons. The first-order valence-electron chi connectivity index (χ1n) is 6.37. The number of methoxy groups -OCH3 is 1. The van der Waals surface area contributed by atoms with Gasteiger partial charge < -0.3 is 19.5 Å². The van der Waals surface area contributed by atoms with Gasteiger partial charge in [-0.3, -0.25) is 0 Å². The van der Waals surface area contributed by atoms with Gasteiger partial charge in [-0.15, -0.1) is 0 Å². The molecule has 3 rings (SSSR count). The third-order valence-corrected chi connectivity index (χ3v) is 2.94. The van der Waals surface area contributed by atoms with E-state index in [1.165, 1.54) is 7.11 Å². The lowest BCUT2D eigenvalue weighted by molar-refractivity contribution is 0.297. The zero-order valence-corrected chi connectivity index (χ0v) is 12.1. The summed E-state index contributed by atoms with van der Waals surface area (Å²) in [4.78, 5) is 11.9. The van der Waals surface area contributed by atoms with Crippen molar-refractivity contribution in [2.75, 3.05) is 25.6 Å². The number of fused-ring (bicyclic) bond motifs is 1. The van der Waals surface area contributed by atoms with E-state index in [0.29, 0.717) is 24.9 Å². The Morgan fingerprint density at radius 2 is 1.95 bits per heavy atom. The van der Waals surface area contributed by atoms with Gasteiger partial charge in [0.25, 0.3) is 0 Å². The molecule has 0 atom stereocenters. The second-order valence-corrected chi connectivity index (χ2v) is 4.59. The highest BCUT2D eigenvalue weighted by molar-refractivity contribution is 6.28. The molecule has 7 nitrogen and oxygen atoms in total. The maximum absolute atomic E-state index is 5.81. The Bertz CT molecular complexity index is 653. The van der Waals surface area contributed by atoms with Gasteiger partial charge >= 0.3 is 6.01 Å². The molecular formula is C13H13ClN4O3. The Hall–Kier alpha value is -2.28. The molecule has 110 valence electrons. The number of nitrogens with one attached hydrogen (secondary N) is 1. The largest absolute Gasteiger partial charge is 0.490 e. The van der Waals surface area contributed by atoms with Crippen LogP contribution in [0.3, 0.4) is 0 Å². The fourth-order valence-electron chi connectivity index (χ4n) is 1.85. The quantitative estimate of drug-likeness (QED) is 0.933. The van der Waals surface area contributed by atoms with Gasteiger partial charge in [0.05, 0.1) is 20.3 Å². The number of aromatic nitrogens is 3. The molecule has 0 unspecified atom stereocenters. The summed E-state index contributed by atoms with van der Waals surface area (Å²) in [5, 5.41) is 3.08. The Kier molecular flexibility index (Phi) is 3.92. The summed E-state index contributed by atoms with van der Waals surface area (Å²) < 4.78 is 16.1. The third-order valence-electron chi connectivity index (χ3n) is 2.77. The van der Waals surface area contributed by atoms with Crippen molar-refractivity contribution in [2.24, 2.45) is 0 Å². The Balaban J connectivity index is 1.85. The highest BCUT2D eigenvalue weighted by Crippen LogP contribution is 2.33. The number of nitrogens with zero attached hydrogens (tertiary/aromatic N) is 3. The number of hydrogen-bond acceptors (Lipinski definition) is 7. The summed E-state index contributed by atoms with van der Waals surface area (Å²) in [6.07, 6.45) is 0.859. The third kappa shape index (κ3) is 3.25. The second-order valence-electron chi connectivity index (χ2n) is 4.25. The predicted molar refractivity (Wildman–Crippen MR) is 76.7 cm³/mol. The average molecular weight is 309 g/mol. The lowest BCUT2D eigenvalue weighted by Gasteiger charge is -2.10. The fourth-order valence-corrected chi connectivity index (χ4v) is 2.00. The van der Waals surface area contributed by atoms with E-state index in [-0.39, 0.29) is 11.3 Å². The molecule has 0 fully saturated rings. The molecule has 0 aliphatic carbocycles. The summed E-state index contributed by atoms with van der Waals surface area (Å²) in [7, 11) is 1.46. The van der Waals surface area contributed by atoms with Gasteiger partial charge in [0.2, 0.25) is 11.2 Å². The van der Waals surface area contributed by atoms with E-state index in [1.807, 2.05) is 18.2 Å².